The van der Waals surface area contributed by atoms with Gasteiger partial charge in [-0.25, -0.2) is 0 Å². The van der Waals surface area contributed by atoms with Gasteiger partial charge in [0.1, 0.15) is 0 Å². The normalized spacial score (nSPS) is 25.7. The summed E-state index contributed by atoms with van der Waals surface area (Å²) in [5.41, 5.74) is 3.71. The molecule has 1 aromatic carbocycles. The molecule has 21 heavy (non-hydrogen) atoms. The molecule has 1 fully saturated rings. The van der Waals surface area contributed by atoms with Crippen molar-refractivity contribution in [2.45, 2.75) is 33.2 Å². The first-order valence-corrected chi connectivity index (χ1v) is 7.96. The Kier molecular flexibility index (Phi) is 3.89. The molecule has 1 saturated heterocycles. The van der Waals surface area contributed by atoms with Gasteiger partial charge < -0.3 is 15.1 Å². The summed E-state index contributed by atoms with van der Waals surface area (Å²) in [5.74, 6) is 0.643. The average Bonchev–Trinajstić information content (AvgIpc) is 2.48. The topological polar surface area (TPSA) is 35.6 Å². The van der Waals surface area contributed by atoms with Gasteiger partial charge in [0.05, 0.1) is 0 Å². The molecule has 0 aromatic heterocycles. The van der Waals surface area contributed by atoms with Gasteiger partial charge in [0.25, 0.3) is 0 Å². The minimum absolute atomic E-state index is 0.144. The van der Waals surface area contributed by atoms with Gasteiger partial charge in [-0.1, -0.05) is 6.92 Å². The van der Waals surface area contributed by atoms with Crippen LogP contribution in [0.2, 0.25) is 0 Å². The van der Waals surface area contributed by atoms with E-state index in [0.717, 1.165) is 38.3 Å². The van der Waals surface area contributed by atoms with E-state index in [1.54, 1.807) is 6.92 Å². The van der Waals surface area contributed by atoms with Crippen molar-refractivity contribution in [2.75, 3.05) is 36.0 Å². The third-order valence-electron chi connectivity index (χ3n) is 4.92. The first kappa shape index (κ1) is 14.4. The Morgan fingerprint density at radius 3 is 2.62 bits per heavy atom. The molecular weight excluding hydrogens is 262 g/mol. The fraction of sp³-hybridized carbons (Fsp3) is 0.588. The van der Waals surface area contributed by atoms with Crippen molar-refractivity contribution in [3.05, 3.63) is 23.8 Å². The number of hydrogen-bond acceptors (Lipinski definition) is 3. The highest BCUT2D eigenvalue weighted by molar-refractivity contribution is 5.94. The van der Waals surface area contributed by atoms with Gasteiger partial charge in [-0.2, -0.15) is 0 Å². The number of carbonyl (C=O) groups is 1. The Morgan fingerprint density at radius 1 is 1.24 bits per heavy atom. The zero-order valence-electron chi connectivity index (χ0n) is 13.2. The lowest BCUT2D eigenvalue weighted by atomic mass is 9.87. The number of benzene rings is 1. The predicted octanol–water partition coefficient (Wildman–Crippen LogP) is 2.03. The van der Waals surface area contributed by atoms with Crippen molar-refractivity contribution >= 4 is 17.3 Å². The third-order valence-corrected chi connectivity index (χ3v) is 4.92. The van der Waals surface area contributed by atoms with Crippen molar-refractivity contribution in [1.29, 1.82) is 0 Å². The van der Waals surface area contributed by atoms with Crippen LogP contribution in [0.15, 0.2) is 18.2 Å². The maximum atomic E-state index is 12.0. The van der Waals surface area contributed by atoms with E-state index in [1.165, 1.54) is 11.3 Å². The van der Waals surface area contributed by atoms with Gasteiger partial charge in [0, 0.05) is 50.5 Å². The zero-order chi connectivity index (χ0) is 15.0. The molecule has 4 heteroatoms. The van der Waals surface area contributed by atoms with Crippen LogP contribution < -0.4 is 15.1 Å². The highest BCUT2D eigenvalue weighted by atomic mass is 16.2. The molecule has 2 aliphatic rings. The highest BCUT2D eigenvalue weighted by Crippen LogP contribution is 2.36. The van der Waals surface area contributed by atoms with E-state index >= 15 is 0 Å². The minimum atomic E-state index is 0.144. The molecule has 4 nitrogen and oxygen atoms in total. The Bertz CT molecular complexity index is 537. The number of anilines is 2. The van der Waals surface area contributed by atoms with E-state index < -0.39 is 0 Å². The van der Waals surface area contributed by atoms with Crippen LogP contribution >= 0.6 is 0 Å². The third kappa shape index (κ3) is 2.64. The van der Waals surface area contributed by atoms with Gasteiger partial charge >= 0.3 is 0 Å². The molecule has 0 radical (unpaired) electrons. The molecule has 2 aliphatic heterocycles. The Hall–Kier alpha value is -1.55. The Balaban J connectivity index is 1.94. The summed E-state index contributed by atoms with van der Waals surface area (Å²) in [6.45, 7) is 10.3. The molecule has 2 heterocycles. The first-order valence-electron chi connectivity index (χ1n) is 7.96. The van der Waals surface area contributed by atoms with Crippen molar-refractivity contribution < 1.29 is 4.79 Å². The van der Waals surface area contributed by atoms with Crippen LogP contribution in [0.3, 0.4) is 0 Å². The smallest absolute Gasteiger partial charge is 0.224 e. The number of carbonyl (C=O) groups excluding carboxylic acids is 1. The van der Waals surface area contributed by atoms with Crippen molar-refractivity contribution in [3.8, 4) is 0 Å². The van der Waals surface area contributed by atoms with Crippen LogP contribution in [0.1, 0.15) is 26.3 Å². The van der Waals surface area contributed by atoms with Crippen LogP contribution in [-0.2, 0) is 11.2 Å². The van der Waals surface area contributed by atoms with Gasteiger partial charge in [0.2, 0.25) is 5.91 Å². The fourth-order valence-corrected chi connectivity index (χ4v) is 3.54. The van der Waals surface area contributed by atoms with Crippen LogP contribution in [-0.4, -0.2) is 38.1 Å². The summed E-state index contributed by atoms with van der Waals surface area (Å²) < 4.78 is 0. The molecule has 0 aliphatic carbocycles. The summed E-state index contributed by atoms with van der Waals surface area (Å²) in [6, 6.07) is 6.87. The van der Waals surface area contributed by atoms with Gasteiger partial charge in [-0.3, -0.25) is 4.79 Å². The lowest BCUT2D eigenvalue weighted by Crippen LogP contribution is -2.46. The van der Waals surface area contributed by atoms with E-state index in [2.05, 4.69) is 42.3 Å². The Labute approximate surface area is 127 Å². The zero-order valence-corrected chi connectivity index (χ0v) is 13.2. The van der Waals surface area contributed by atoms with Crippen molar-refractivity contribution in [2.24, 2.45) is 5.92 Å². The number of piperazine rings is 1. The van der Waals surface area contributed by atoms with E-state index in [-0.39, 0.29) is 11.9 Å². The standard InChI is InChI=1S/C17H25N3O/c1-12-10-15-11-16(19-8-6-18-7-9-19)4-5-17(15)20(13(12)2)14(3)21/h4-5,11-13,18H,6-10H2,1-3H3/t12-,13+/m1/s1. The number of rotatable bonds is 1. The molecule has 0 bridgehead atoms. The number of fused-ring (bicyclic) bond motifs is 1. The van der Waals surface area contributed by atoms with Crippen LogP contribution in [0.4, 0.5) is 11.4 Å². The Morgan fingerprint density at radius 2 is 1.95 bits per heavy atom. The molecule has 0 spiro atoms. The molecule has 0 saturated carbocycles. The van der Waals surface area contributed by atoms with E-state index in [4.69, 9.17) is 0 Å². The average molecular weight is 287 g/mol. The molecule has 0 unspecified atom stereocenters. The first-order chi connectivity index (χ1) is 10.1. The maximum Gasteiger partial charge on any atom is 0.224 e. The molecule has 114 valence electrons. The summed E-state index contributed by atoms with van der Waals surface area (Å²) in [7, 11) is 0. The summed E-state index contributed by atoms with van der Waals surface area (Å²) >= 11 is 0. The van der Waals surface area contributed by atoms with Crippen molar-refractivity contribution in [1.82, 2.24) is 5.32 Å². The van der Waals surface area contributed by atoms with E-state index in [0.29, 0.717) is 5.92 Å². The molecule has 1 aromatic rings. The highest BCUT2D eigenvalue weighted by Gasteiger charge is 2.31. The molecule has 2 atom stereocenters. The van der Waals surface area contributed by atoms with Crippen LogP contribution in [0.25, 0.3) is 0 Å². The summed E-state index contributed by atoms with van der Waals surface area (Å²) in [5, 5.41) is 3.39. The minimum Gasteiger partial charge on any atom is -0.369 e. The van der Waals surface area contributed by atoms with Gasteiger partial charge in [0.15, 0.2) is 0 Å². The van der Waals surface area contributed by atoms with Gasteiger partial charge in [-0.05, 0) is 43.0 Å². The number of amides is 1. The van der Waals surface area contributed by atoms with Crippen LogP contribution in [0.5, 0.6) is 0 Å². The lowest BCUT2D eigenvalue weighted by Gasteiger charge is -2.39. The van der Waals surface area contributed by atoms with Crippen molar-refractivity contribution in [3.63, 3.8) is 0 Å². The number of nitrogens with one attached hydrogen (secondary N) is 1. The van der Waals surface area contributed by atoms with E-state index in [1.807, 2.05) is 4.90 Å². The fourth-order valence-electron chi connectivity index (χ4n) is 3.54. The number of nitrogens with zero attached hydrogens (tertiary/aromatic N) is 2. The second-order valence-electron chi connectivity index (χ2n) is 6.36. The maximum absolute atomic E-state index is 12.0. The van der Waals surface area contributed by atoms with E-state index in [9.17, 15) is 4.79 Å². The largest absolute Gasteiger partial charge is 0.369 e. The molecule has 3 rings (SSSR count). The summed E-state index contributed by atoms with van der Waals surface area (Å²) in [4.78, 5) is 16.4. The molecule has 1 N–H and O–H groups in total. The quantitative estimate of drug-likeness (QED) is 0.858. The van der Waals surface area contributed by atoms with Crippen LogP contribution in [0, 0.1) is 5.92 Å². The molecule has 1 amide bonds. The predicted molar refractivity (Wildman–Crippen MR) is 87.0 cm³/mol. The second kappa shape index (κ2) is 5.68. The lowest BCUT2D eigenvalue weighted by molar-refractivity contribution is -0.117. The molecular formula is C17H25N3O. The SMILES string of the molecule is CC(=O)N1c2ccc(N3CCNCC3)cc2C[C@@H](C)[C@@H]1C. The van der Waals surface area contributed by atoms with Gasteiger partial charge in [-0.15, -0.1) is 0 Å². The summed E-state index contributed by atoms with van der Waals surface area (Å²) in [6.07, 6.45) is 1.06. The second-order valence-corrected chi connectivity index (χ2v) is 6.36. The monoisotopic (exact) mass is 287 g/mol. The number of hydrogen-bond donors (Lipinski definition) is 1.